The van der Waals surface area contributed by atoms with Crippen molar-refractivity contribution in [1.82, 2.24) is 9.78 Å². The van der Waals surface area contributed by atoms with Crippen LogP contribution in [0.3, 0.4) is 0 Å². The normalized spacial score (nSPS) is 10.8. The minimum atomic E-state index is 0.583. The molecule has 3 nitrogen and oxygen atoms in total. The van der Waals surface area contributed by atoms with E-state index in [0.717, 1.165) is 30.7 Å². The summed E-state index contributed by atoms with van der Waals surface area (Å²) in [6.07, 6.45) is 2.61. The third-order valence-corrected chi connectivity index (χ3v) is 5.34. The fourth-order valence-corrected chi connectivity index (χ4v) is 4.28. The molecular weight excluding hydrogens is 416 g/mol. The first kappa shape index (κ1) is 14.7. The first-order chi connectivity index (χ1) is 10.1. The fraction of sp³-hybridized carbons (Fsp3) is 0.0667. The summed E-state index contributed by atoms with van der Waals surface area (Å²) in [4.78, 5) is 12.5. The highest BCUT2D eigenvalue weighted by atomic mass is 79.9. The number of thiophene rings is 1. The Morgan fingerprint density at radius 1 is 1.29 bits per heavy atom. The van der Waals surface area contributed by atoms with E-state index in [-0.39, 0.29) is 0 Å². The summed E-state index contributed by atoms with van der Waals surface area (Å²) in [6.45, 7) is 2.02. The molecule has 0 amide bonds. The Bertz CT molecular complexity index is 823. The monoisotopic (exact) mass is 424 g/mol. The lowest BCUT2D eigenvalue weighted by atomic mass is 10.1. The van der Waals surface area contributed by atoms with Crippen molar-refractivity contribution in [3.63, 3.8) is 0 Å². The van der Waals surface area contributed by atoms with Crippen LogP contribution in [0.4, 0.5) is 0 Å². The number of aromatic nitrogens is 2. The number of benzene rings is 1. The molecule has 0 fully saturated rings. The molecule has 0 radical (unpaired) electrons. The second-order valence-electron chi connectivity index (χ2n) is 4.47. The Labute approximate surface area is 142 Å². The van der Waals surface area contributed by atoms with E-state index >= 15 is 0 Å². The minimum absolute atomic E-state index is 0.583. The summed E-state index contributed by atoms with van der Waals surface area (Å²) in [5, 5.41) is 4.60. The molecule has 0 N–H and O–H groups in total. The lowest BCUT2D eigenvalue weighted by Crippen LogP contribution is -1.95. The van der Waals surface area contributed by atoms with Crippen molar-refractivity contribution < 1.29 is 4.79 Å². The maximum absolute atomic E-state index is 11.4. The van der Waals surface area contributed by atoms with Gasteiger partial charge in [0.15, 0.2) is 6.29 Å². The smallest absolute Gasteiger partial charge is 0.153 e. The van der Waals surface area contributed by atoms with Crippen molar-refractivity contribution in [3.05, 3.63) is 55.2 Å². The highest BCUT2D eigenvalue weighted by molar-refractivity contribution is 9.11. The number of halogens is 2. The van der Waals surface area contributed by atoms with Gasteiger partial charge in [0.05, 0.1) is 15.0 Å². The number of aryl methyl sites for hydroxylation is 1. The van der Waals surface area contributed by atoms with Crippen molar-refractivity contribution in [2.24, 2.45) is 0 Å². The molecule has 0 aliphatic carbocycles. The molecule has 6 heteroatoms. The molecule has 0 atom stereocenters. The number of hydrogen-bond acceptors (Lipinski definition) is 3. The van der Waals surface area contributed by atoms with Crippen molar-refractivity contribution >= 4 is 49.5 Å². The molecule has 2 aromatic heterocycles. The zero-order valence-corrected chi connectivity index (χ0v) is 15.0. The van der Waals surface area contributed by atoms with Crippen molar-refractivity contribution in [1.29, 1.82) is 0 Å². The van der Waals surface area contributed by atoms with E-state index in [1.54, 1.807) is 22.2 Å². The number of rotatable bonds is 3. The molecule has 0 saturated heterocycles. The van der Waals surface area contributed by atoms with Crippen LogP contribution in [0.25, 0.3) is 16.9 Å². The van der Waals surface area contributed by atoms with Crippen LogP contribution in [-0.2, 0) is 0 Å². The summed E-state index contributed by atoms with van der Waals surface area (Å²) in [5.74, 6) is 0. The molecule has 3 rings (SSSR count). The number of hydrogen-bond donors (Lipinski definition) is 0. The van der Waals surface area contributed by atoms with Gasteiger partial charge in [0, 0.05) is 21.1 Å². The van der Waals surface area contributed by atoms with Gasteiger partial charge in [-0.2, -0.15) is 5.10 Å². The van der Waals surface area contributed by atoms with Gasteiger partial charge >= 0.3 is 0 Å². The Balaban J connectivity index is 2.18. The van der Waals surface area contributed by atoms with Crippen LogP contribution in [0.15, 0.2) is 44.8 Å². The Hall–Kier alpha value is -1.24. The summed E-state index contributed by atoms with van der Waals surface area (Å²) in [6, 6.07) is 9.78. The molecule has 0 aliphatic rings. The quantitative estimate of drug-likeness (QED) is 0.537. The molecule has 3 aromatic rings. The standard InChI is InChI=1S/C15H10Br2N2OS/c1-9-11(6-14(17)21-9)15-10(8-20)7-19(18-15)13-5-3-2-4-12(13)16/h2-8H,1H3. The van der Waals surface area contributed by atoms with Crippen molar-refractivity contribution in [2.75, 3.05) is 0 Å². The van der Waals surface area contributed by atoms with Gasteiger partial charge in [-0.25, -0.2) is 4.68 Å². The van der Waals surface area contributed by atoms with Crippen LogP contribution >= 0.6 is 43.2 Å². The van der Waals surface area contributed by atoms with Crippen LogP contribution < -0.4 is 0 Å². The zero-order chi connectivity index (χ0) is 15.0. The van der Waals surface area contributed by atoms with Gasteiger partial charge in [0.2, 0.25) is 0 Å². The SMILES string of the molecule is Cc1sc(Br)cc1-c1nn(-c2ccccc2Br)cc1C=O. The van der Waals surface area contributed by atoms with Gasteiger partial charge < -0.3 is 0 Å². The Kier molecular flexibility index (Phi) is 4.10. The molecule has 106 valence electrons. The lowest BCUT2D eigenvalue weighted by molar-refractivity contribution is 0.112. The minimum Gasteiger partial charge on any atom is -0.298 e. The predicted octanol–water partition coefficient (Wildman–Crippen LogP) is 5.25. The molecule has 0 aliphatic heterocycles. The van der Waals surface area contributed by atoms with E-state index in [2.05, 4.69) is 37.0 Å². The van der Waals surface area contributed by atoms with Crippen LogP contribution in [0.1, 0.15) is 15.2 Å². The van der Waals surface area contributed by atoms with Crippen molar-refractivity contribution in [3.8, 4) is 16.9 Å². The van der Waals surface area contributed by atoms with Crippen molar-refractivity contribution in [2.45, 2.75) is 6.92 Å². The average Bonchev–Trinajstić information content (AvgIpc) is 3.02. The van der Waals surface area contributed by atoms with E-state index in [1.165, 1.54) is 0 Å². The van der Waals surface area contributed by atoms with Gasteiger partial charge in [0.25, 0.3) is 0 Å². The third-order valence-electron chi connectivity index (χ3n) is 3.11. The van der Waals surface area contributed by atoms with Gasteiger partial charge in [-0.1, -0.05) is 12.1 Å². The van der Waals surface area contributed by atoms with E-state index in [1.807, 2.05) is 37.3 Å². The molecule has 0 bridgehead atoms. The average molecular weight is 426 g/mol. The first-order valence-corrected chi connectivity index (χ1v) is 8.56. The zero-order valence-electron chi connectivity index (χ0n) is 11.0. The van der Waals surface area contributed by atoms with Crippen LogP contribution in [0.2, 0.25) is 0 Å². The summed E-state index contributed by atoms with van der Waals surface area (Å²) in [7, 11) is 0. The summed E-state index contributed by atoms with van der Waals surface area (Å²) in [5.41, 5.74) is 3.18. The second kappa shape index (κ2) is 5.87. The molecule has 0 unspecified atom stereocenters. The lowest BCUT2D eigenvalue weighted by Gasteiger charge is -2.03. The van der Waals surface area contributed by atoms with E-state index < -0.39 is 0 Å². The van der Waals surface area contributed by atoms with Gasteiger partial charge in [0.1, 0.15) is 5.69 Å². The Morgan fingerprint density at radius 2 is 2.05 bits per heavy atom. The predicted molar refractivity (Wildman–Crippen MR) is 92.4 cm³/mol. The highest BCUT2D eigenvalue weighted by Gasteiger charge is 2.16. The molecule has 2 heterocycles. The van der Waals surface area contributed by atoms with Crippen LogP contribution in [0.5, 0.6) is 0 Å². The third kappa shape index (κ3) is 2.75. The van der Waals surface area contributed by atoms with Gasteiger partial charge in [-0.3, -0.25) is 4.79 Å². The van der Waals surface area contributed by atoms with Crippen LogP contribution in [0, 0.1) is 6.92 Å². The number of carbonyl (C=O) groups excluding carboxylic acids is 1. The van der Waals surface area contributed by atoms with Gasteiger partial charge in [-0.05, 0) is 57.0 Å². The fourth-order valence-electron chi connectivity index (χ4n) is 2.12. The second-order valence-corrected chi connectivity index (χ2v) is 7.96. The van der Waals surface area contributed by atoms with Gasteiger partial charge in [-0.15, -0.1) is 11.3 Å². The van der Waals surface area contributed by atoms with E-state index in [9.17, 15) is 4.79 Å². The largest absolute Gasteiger partial charge is 0.298 e. The number of para-hydroxylation sites is 1. The summed E-state index contributed by atoms with van der Waals surface area (Å²) >= 11 is 8.62. The molecule has 0 spiro atoms. The number of nitrogens with zero attached hydrogens (tertiary/aromatic N) is 2. The molecular formula is C15H10Br2N2OS. The number of carbonyl (C=O) groups is 1. The summed E-state index contributed by atoms with van der Waals surface area (Å²) < 4.78 is 3.69. The molecule has 0 saturated carbocycles. The van der Waals surface area contributed by atoms with E-state index in [0.29, 0.717) is 11.3 Å². The maximum Gasteiger partial charge on any atom is 0.153 e. The first-order valence-electron chi connectivity index (χ1n) is 6.16. The highest BCUT2D eigenvalue weighted by Crippen LogP contribution is 2.35. The topological polar surface area (TPSA) is 34.9 Å². The van der Waals surface area contributed by atoms with Crippen LogP contribution in [-0.4, -0.2) is 16.1 Å². The molecule has 21 heavy (non-hydrogen) atoms. The Morgan fingerprint density at radius 3 is 2.67 bits per heavy atom. The number of aldehydes is 1. The maximum atomic E-state index is 11.4. The molecule has 1 aromatic carbocycles. The van der Waals surface area contributed by atoms with E-state index in [4.69, 9.17) is 0 Å².